The molecular formula is C14H20N4O2S. The molecule has 2 atom stereocenters. The summed E-state index contributed by atoms with van der Waals surface area (Å²) in [5.74, 6) is 0.558. The van der Waals surface area contributed by atoms with Crippen molar-refractivity contribution in [1.82, 2.24) is 5.32 Å². The second kappa shape index (κ2) is 5.22. The number of nitrogens with zero attached hydrogens (tertiary/aromatic N) is 1. The van der Waals surface area contributed by atoms with Crippen LogP contribution in [0, 0.1) is 11.8 Å². The second-order valence-corrected chi connectivity index (χ2v) is 6.82. The fourth-order valence-electron chi connectivity index (χ4n) is 3.58. The molecular weight excluding hydrogens is 288 g/mol. The molecule has 2 amide bonds. The van der Waals surface area contributed by atoms with E-state index in [0.29, 0.717) is 17.4 Å². The molecule has 1 aromatic rings. The van der Waals surface area contributed by atoms with Crippen LogP contribution in [-0.2, 0) is 0 Å². The maximum Gasteiger partial charge on any atom is 0.260 e. The Bertz CT molecular complexity index is 586. The van der Waals surface area contributed by atoms with E-state index in [9.17, 15) is 9.59 Å². The molecule has 7 heteroatoms. The highest BCUT2D eigenvalue weighted by molar-refractivity contribution is 7.19. The van der Waals surface area contributed by atoms with Crippen LogP contribution in [0.15, 0.2) is 0 Å². The van der Waals surface area contributed by atoms with Crippen LogP contribution < -0.4 is 21.7 Å². The normalized spacial score (nSPS) is 24.1. The molecule has 2 fully saturated rings. The van der Waals surface area contributed by atoms with E-state index < -0.39 is 5.91 Å². The average Bonchev–Trinajstić information content (AvgIpc) is 3.09. The van der Waals surface area contributed by atoms with E-state index in [2.05, 4.69) is 10.2 Å². The van der Waals surface area contributed by atoms with Crippen molar-refractivity contribution in [2.75, 3.05) is 30.8 Å². The van der Waals surface area contributed by atoms with E-state index in [1.54, 1.807) is 7.05 Å². The fraction of sp³-hybridized carbons (Fsp3) is 0.571. The molecule has 2 unspecified atom stereocenters. The number of nitrogen functional groups attached to an aromatic ring is 1. The number of nitrogens with two attached hydrogens (primary N) is 2. The van der Waals surface area contributed by atoms with Gasteiger partial charge in [-0.25, -0.2) is 0 Å². The first-order chi connectivity index (χ1) is 10.0. The number of nitrogens with one attached hydrogen (secondary N) is 1. The van der Waals surface area contributed by atoms with Crippen molar-refractivity contribution in [3.63, 3.8) is 0 Å². The number of fused-ring (bicyclic) bond motifs is 1. The summed E-state index contributed by atoms with van der Waals surface area (Å²) in [5, 5.41) is 3.38. The minimum Gasteiger partial charge on any atom is -0.397 e. The van der Waals surface area contributed by atoms with Gasteiger partial charge in [-0.05, 0) is 24.7 Å². The number of hydrogen-bond acceptors (Lipinski definition) is 5. The van der Waals surface area contributed by atoms with Crippen molar-refractivity contribution in [1.29, 1.82) is 0 Å². The molecule has 1 aliphatic heterocycles. The van der Waals surface area contributed by atoms with Crippen LogP contribution in [0.5, 0.6) is 0 Å². The number of carbonyl (C=O) groups excluding carboxylic acids is 2. The molecule has 1 aliphatic carbocycles. The first-order valence-corrected chi connectivity index (χ1v) is 8.03. The lowest BCUT2D eigenvalue weighted by molar-refractivity contribution is 0.0964. The molecule has 1 saturated carbocycles. The van der Waals surface area contributed by atoms with Gasteiger partial charge < -0.3 is 21.7 Å². The molecule has 1 saturated heterocycles. The Hall–Kier alpha value is -1.76. The molecule has 0 radical (unpaired) electrons. The van der Waals surface area contributed by atoms with Crippen LogP contribution in [0.4, 0.5) is 10.7 Å². The Labute approximate surface area is 127 Å². The van der Waals surface area contributed by atoms with Crippen molar-refractivity contribution in [3.8, 4) is 0 Å². The summed E-state index contributed by atoms with van der Waals surface area (Å²) < 4.78 is 0. The van der Waals surface area contributed by atoms with Gasteiger partial charge in [0.15, 0.2) is 0 Å². The van der Waals surface area contributed by atoms with Gasteiger partial charge in [0, 0.05) is 20.1 Å². The zero-order chi connectivity index (χ0) is 15.1. The Morgan fingerprint density at radius 1 is 1.29 bits per heavy atom. The summed E-state index contributed by atoms with van der Waals surface area (Å²) in [7, 11) is 1.56. The number of primary amides is 1. The molecule has 2 heterocycles. The molecule has 0 spiro atoms. The summed E-state index contributed by atoms with van der Waals surface area (Å²) in [6.45, 7) is 1.87. The molecule has 21 heavy (non-hydrogen) atoms. The van der Waals surface area contributed by atoms with Crippen LogP contribution in [0.1, 0.15) is 39.3 Å². The van der Waals surface area contributed by atoms with Gasteiger partial charge in [-0.1, -0.05) is 6.42 Å². The van der Waals surface area contributed by atoms with Crippen LogP contribution in [0.3, 0.4) is 0 Å². The lowest BCUT2D eigenvalue weighted by Gasteiger charge is -2.19. The molecule has 5 N–H and O–H groups in total. The van der Waals surface area contributed by atoms with Crippen LogP contribution >= 0.6 is 11.3 Å². The van der Waals surface area contributed by atoms with Crippen molar-refractivity contribution in [2.45, 2.75) is 19.3 Å². The third-order valence-electron chi connectivity index (χ3n) is 4.62. The van der Waals surface area contributed by atoms with Gasteiger partial charge in [-0.15, -0.1) is 11.3 Å². The Morgan fingerprint density at radius 2 is 1.90 bits per heavy atom. The Balaban J connectivity index is 1.99. The number of carbonyl (C=O) groups is 2. The summed E-state index contributed by atoms with van der Waals surface area (Å²) in [6, 6.07) is 0. The quantitative estimate of drug-likeness (QED) is 0.776. The van der Waals surface area contributed by atoms with Gasteiger partial charge in [-0.3, -0.25) is 9.59 Å². The van der Waals surface area contributed by atoms with Gasteiger partial charge in [0.1, 0.15) is 9.88 Å². The minimum absolute atomic E-state index is 0.207. The molecule has 0 bridgehead atoms. The fourth-order valence-corrected chi connectivity index (χ4v) is 4.67. The molecule has 2 aliphatic rings. The average molecular weight is 308 g/mol. The standard InChI is InChI=1S/C14H20N4O2S/c1-17-13(20)9-10(15)11(12(16)19)21-14(9)18-5-7-3-2-4-8(7)6-18/h7-8H,2-6,15H2,1H3,(H2,16,19)(H,17,20). The van der Waals surface area contributed by atoms with Crippen molar-refractivity contribution in [3.05, 3.63) is 10.4 Å². The van der Waals surface area contributed by atoms with E-state index in [-0.39, 0.29) is 16.5 Å². The summed E-state index contributed by atoms with van der Waals surface area (Å²) >= 11 is 1.24. The summed E-state index contributed by atoms with van der Waals surface area (Å²) in [4.78, 5) is 26.1. The van der Waals surface area contributed by atoms with Gasteiger partial charge in [0.05, 0.1) is 11.3 Å². The SMILES string of the molecule is CNC(=O)c1c(N2CC3CCCC3C2)sc(C(N)=O)c1N. The molecule has 6 nitrogen and oxygen atoms in total. The minimum atomic E-state index is -0.576. The van der Waals surface area contributed by atoms with Crippen molar-refractivity contribution in [2.24, 2.45) is 17.6 Å². The molecule has 114 valence electrons. The highest BCUT2D eigenvalue weighted by Gasteiger charge is 2.39. The third kappa shape index (κ3) is 2.25. The zero-order valence-electron chi connectivity index (χ0n) is 12.0. The number of amides is 2. The summed E-state index contributed by atoms with van der Waals surface area (Å²) in [6.07, 6.45) is 3.80. The van der Waals surface area contributed by atoms with E-state index in [4.69, 9.17) is 11.5 Å². The van der Waals surface area contributed by atoms with Crippen LogP contribution in [0.2, 0.25) is 0 Å². The highest BCUT2D eigenvalue weighted by atomic mass is 32.1. The number of hydrogen-bond donors (Lipinski definition) is 3. The smallest absolute Gasteiger partial charge is 0.260 e. The number of thiophene rings is 1. The van der Waals surface area contributed by atoms with Crippen molar-refractivity contribution >= 4 is 33.8 Å². The predicted molar refractivity (Wildman–Crippen MR) is 83.7 cm³/mol. The van der Waals surface area contributed by atoms with E-state index >= 15 is 0 Å². The first-order valence-electron chi connectivity index (χ1n) is 7.22. The number of rotatable bonds is 3. The molecule has 3 rings (SSSR count). The monoisotopic (exact) mass is 308 g/mol. The Morgan fingerprint density at radius 3 is 2.43 bits per heavy atom. The van der Waals surface area contributed by atoms with Crippen LogP contribution in [-0.4, -0.2) is 32.0 Å². The van der Waals surface area contributed by atoms with E-state index in [1.807, 2.05) is 0 Å². The first kappa shape index (κ1) is 14.2. The molecule has 1 aromatic heterocycles. The predicted octanol–water partition coefficient (Wildman–Crippen LogP) is 1.03. The van der Waals surface area contributed by atoms with Crippen molar-refractivity contribution < 1.29 is 9.59 Å². The highest BCUT2D eigenvalue weighted by Crippen LogP contribution is 2.45. The lowest BCUT2D eigenvalue weighted by atomic mass is 10.0. The van der Waals surface area contributed by atoms with Gasteiger partial charge in [0.25, 0.3) is 11.8 Å². The van der Waals surface area contributed by atoms with E-state index in [1.165, 1.54) is 30.6 Å². The summed E-state index contributed by atoms with van der Waals surface area (Å²) in [5.41, 5.74) is 12.0. The van der Waals surface area contributed by atoms with E-state index in [0.717, 1.165) is 18.1 Å². The second-order valence-electron chi connectivity index (χ2n) is 5.82. The molecule has 0 aromatic carbocycles. The Kier molecular flexibility index (Phi) is 3.52. The lowest BCUT2D eigenvalue weighted by Crippen LogP contribution is -2.25. The van der Waals surface area contributed by atoms with Gasteiger partial charge in [0.2, 0.25) is 0 Å². The van der Waals surface area contributed by atoms with Gasteiger partial charge >= 0.3 is 0 Å². The van der Waals surface area contributed by atoms with Gasteiger partial charge in [-0.2, -0.15) is 0 Å². The largest absolute Gasteiger partial charge is 0.397 e. The number of anilines is 2. The van der Waals surface area contributed by atoms with Crippen LogP contribution in [0.25, 0.3) is 0 Å². The zero-order valence-corrected chi connectivity index (χ0v) is 12.8. The maximum atomic E-state index is 12.1. The third-order valence-corrected chi connectivity index (χ3v) is 5.90. The topological polar surface area (TPSA) is 101 Å². The maximum absolute atomic E-state index is 12.1.